The SMILES string of the molecule is CCc1ccc(-c2cccc(C)n2)cc1Cl. The molecule has 0 N–H and O–H groups in total. The molecule has 0 spiro atoms. The molecule has 0 aliphatic carbocycles. The summed E-state index contributed by atoms with van der Waals surface area (Å²) in [5, 5.41) is 0.823. The maximum Gasteiger partial charge on any atom is 0.0705 e. The third kappa shape index (κ3) is 2.25. The first-order valence-corrected chi connectivity index (χ1v) is 5.81. The Labute approximate surface area is 101 Å². The third-order valence-corrected chi connectivity index (χ3v) is 2.97. The molecule has 2 aromatic rings. The minimum absolute atomic E-state index is 0.823. The van der Waals surface area contributed by atoms with Crippen molar-refractivity contribution in [1.82, 2.24) is 4.98 Å². The summed E-state index contributed by atoms with van der Waals surface area (Å²) in [7, 11) is 0. The Morgan fingerprint density at radius 3 is 2.62 bits per heavy atom. The van der Waals surface area contributed by atoms with Gasteiger partial charge in [-0.05, 0) is 37.1 Å². The highest BCUT2D eigenvalue weighted by Crippen LogP contribution is 2.24. The topological polar surface area (TPSA) is 12.9 Å². The zero-order valence-electron chi connectivity index (χ0n) is 9.50. The van der Waals surface area contributed by atoms with Crippen LogP contribution in [0.5, 0.6) is 0 Å². The van der Waals surface area contributed by atoms with Crippen molar-refractivity contribution in [3.05, 3.63) is 52.7 Å². The van der Waals surface area contributed by atoms with E-state index in [4.69, 9.17) is 11.6 Å². The van der Waals surface area contributed by atoms with Crippen LogP contribution in [0.25, 0.3) is 11.3 Å². The first kappa shape index (κ1) is 11.2. The second-order valence-electron chi connectivity index (χ2n) is 3.82. The lowest BCUT2D eigenvalue weighted by molar-refractivity contribution is 1.14. The summed E-state index contributed by atoms with van der Waals surface area (Å²) < 4.78 is 0. The van der Waals surface area contributed by atoms with Crippen molar-refractivity contribution in [3.63, 3.8) is 0 Å². The van der Waals surface area contributed by atoms with Gasteiger partial charge in [0.15, 0.2) is 0 Å². The van der Waals surface area contributed by atoms with Crippen LogP contribution in [0.15, 0.2) is 36.4 Å². The molecular weight excluding hydrogens is 218 g/mol. The molecule has 82 valence electrons. The molecule has 1 aromatic carbocycles. The minimum Gasteiger partial charge on any atom is -0.253 e. The van der Waals surface area contributed by atoms with E-state index < -0.39 is 0 Å². The molecule has 0 atom stereocenters. The van der Waals surface area contributed by atoms with E-state index in [9.17, 15) is 0 Å². The molecule has 16 heavy (non-hydrogen) atoms. The second kappa shape index (κ2) is 4.67. The van der Waals surface area contributed by atoms with Gasteiger partial charge in [0.25, 0.3) is 0 Å². The maximum absolute atomic E-state index is 6.19. The van der Waals surface area contributed by atoms with E-state index in [1.807, 2.05) is 31.2 Å². The maximum atomic E-state index is 6.19. The molecule has 0 bridgehead atoms. The fourth-order valence-corrected chi connectivity index (χ4v) is 2.01. The van der Waals surface area contributed by atoms with Crippen LogP contribution in [0.1, 0.15) is 18.2 Å². The summed E-state index contributed by atoms with van der Waals surface area (Å²) in [6, 6.07) is 12.1. The lowest BCUT2D eigenvalue weighted by atomic mass is 10.1. The number of aryl methyl sites for hydroxylation is 2. The Morgan fingerprint density at radius 1 is 1.19 bits per heavy atom. The quantitative estimate of drug-likeness (QED) is 0.752. The lowest BCUT2D eigenvalue weighted by Crippen LogP contribution is -1.88. The predicted molar refractivity (Wildman–Crippen MR) is 68.8 cm³/mol. The van der Waals surface area contributed by atoms with E-state index in [1.54, 1.807) is 0 Å². The summed E-state index contributed by atoms with van der Waals surface area (Å²) in [5.74, 6) is 0. The Morgan fingerprint density at radius 2 is 2.00 bits per heavy atom. The van der Waals surface area contributed by atoms with Gasteiger partial charge in [-0.25, -0.2) is 0 Å². The highest BCUT2D eigenvalue weighted by molar-refractivity contribution is 6.31. The number of hydrogen-bond donors (Lipinski definition) is 0. The van der Waals surface area contributed by atoms with Crippen molar-refractivity contribution < 1.29 is 0 Å². The number of rotatable bonds is 2. The molecule has 1 aromatic heterocycles. The average Bonchev–Trinajstić information content (AvgIpc) is 2.29. The zero-order valence-corrected chi connectivity index (χ0v) is 10.3. The molecule has 0 unspecified atom stereocenters. The van der Waals surface area contributed by atoms with Crippen LogP contribution in [0.3, 0.4) is 0 Å². The van der Waals surface area contributed by atoms with Gasteiger partial charge in [0.2, 0.25) is 0 Å². The van der Waals surface area contributed by atoms with E-state index in [0.29, 0.717) is 0 Å². The van der Waals surface area contributed by atoms with Crippen LogP contribution >= 0.6 is 11.6 Å². The largest absolute Gasteiger partial charge is 0.253 e. The van der Waals surface area contributed by atoms with Gasteiger partial charge in [0, 0.05) is 16.3 Å². The predicted octanol–water partition coefficient (Wildman–Crippen LogP) is 4.27. The number of aromatic nitrogens is 1. The Kier molecular flexibility index (Phi) is 3.25. The second-order valence-corrected chi connectivity index (χ2v) is 4.23. The molecule has 0 saturated heterocycles. The summed E-state index contributed by atoms with van der Waals surface area (Å²) in [6.07, 6.45) is 0.959. The minimum atomic E-state index is 0.823. The molecule has 2 rings (SSSR count). The monoisotopic (exact) mass is 231 g/mol. The molecule has 0 aliphatic heterocycles. The molecule has 0 saturated carbocycles. The van der Waals surface area contributed by atoms with E-state index in [2.05, 4.69) is 24.0 Å². The summed E-state index contributed by atoms with van der Waals surface area (Å²) >= 11 is 6.19. The average molecular weight is 232 g/mol. The molecule has 2 heteroatoms. The van der Waals surface area contributed by atoms with Gasteiger partial charge < -0.3 is 0 Å². The van der Waals surface area contributed by atoms with Crippen LogP contribution in [0, 0.1) is 6.92 Å². The molecule has 0 fully saturated rings. The fraction of sp³-hybridized carbons (Fsp3) is 0.214. The van der Waals surface area contributed by atoms with Crippen LogP contribution < -0.4 is 0 Å². The molecule has 0 radical (unpaired) electrons. The first-order valence-electron chi connectivity index (χ1n) is 5.43. The Balaban J connectivity index is 2.45. The van der Waals surface area contributed by atoms with Crippen molar-refractivity contribution in [1.29, 1.82) is 0 Å². The van der Waals surface area contributed by atoms with Gasteiger partial charge in [-0.15, -0.1) is 0 Å². The number of hydrogen-bond acceptors (Lipinski definition) is 1. The highest BCUT2D eigenvalue weighted by atomic mass is 35.5. The van der Waals surface area contributed by atoms with Crippen LogP contribution in [0.2, 0.25) is 5.02 Å². The summed E-state index contributed by atoms with van der Waals surface area (Å²) in [5.41, 5.74) is 4.25. The van der Waals surface area contributed by atoms with Crippen LogP contribution in [-0.4, -0.2) is 4.98 Å². The van der Waals surface area contributed by atoms with Crippen LogP contribution in [0.4, 0.5) is 0 Å². The Hall–Kier alpha value is -1.34. The molecule has 1 heterocycles. The molecular formula is C14H14ClN. The number of benzene rings is 1. The van der Waals surface area contributed by atoms with E-state index >= 15 is 0 Å². The third-order valence-electron chi connectivity index (χ3n) is 2.62. The standard InChI is InChI=1S/C14H14ClN/c1-3-11-7-8-12(9-13(11)15)14-6-4-5-10(2)16-14/h4-9H,3H2,1-2H3. The zero-order chi connectivity index (χ0) is 11.5. The molecule has 0 aliphatic rings. The summed E-state index contributed by atoms with van der Waals surface area (Å²) in [4.78, 5) is 4.48. The molecule has 1 nitrogen and oxygen atoms in total. The van der Waals surface area contributed by atoms with Crippen molar-refractivity contribution in [2.75, 3.05) is 0 Å². The van der Waals surface area contributed by atoms with E-state index in [1.165, 1.54) is 5.56 Å². The highest BCUT2D eigenvalue weighted by Gasteiger charge is 2.03. The van der Waals surface area contributed by atoms with Gasteiger partial charge >= 0.3 is 0 Å². The normalized spacial score (nSPS) is 10.4. The number of nitrogens with zero attached hydrogens (tertiary/aromatic N) is 1. The van der Waals surface area contributed by atoms with Crippen molar-refractivity contribution >= 4 is 11.6 Å². The van der Waals surface area contributed by atoms with Gasteiger partial charge in [0.05, 0.1) is 5.69 Å². The van der Waals surface area contributed by atoms with Crippen molar-refractivity contribution in [3.8, 4) is 11.3 Å². The smallest absolute Gasteiger partial charge is 0.0705 e. The lowest BCUT2D eigenvalue weighted by Gasteiger charge is -2.05. The van der Waals surface area contributed by atoms with Gasteiger partial charge in [-0.1, -0.05) is 36.7 Å². The van der Waals surface area contributed by atoms with Crippen molar-refractivity contribution in [2.24, 2.45) is 0 Å². The first-order chi connectivity index (χ1) is 7.70. The van der Waals surface area contributed by atoms with Gasteiger partial charge in [0.1, 0.15) is 0 Å². The van der Waals surface area contributed by atoms with Crippen LogP contribution in [-0.2, 0) is 6.42 Å². The molecule has 0 amide bonds. The number of halogens is 1. The van der Waals surface area contributed by atoms with E-state index in [-0.39, 0.29) is 0 Å². The van der Waals surface area contributed by atoms with Crippen molar-refractivity contribution in [2.45, 2.75) is 20.3 Å². The van der Waals surface area contributed by atoms with Gasteiger partial charge in [-0.2, -0.15) is 0 Å². The Bertz CT molecular complexity index is 506. The van der Waals surface area contributed by atoms with Gasteiger partial charge in [-0.3, -0.25) is 4.98 Å². The van der Waals surface area contributed by atoms with E-state index in [0.717, 1.165) is 28.4 Å². The summed E-state index contributed by atoms with van der Waals surface area (Å²) in [6.45, 7) is 4.09. The fourth-order valence-electron chi connectivity index (χ4n) is 1.70. The number of pyridine rings is 1.